The molecular formula is C25H34N6O5S. The van der Waals surface area contributed by atoms with Crippen LogP contribution >= 0.6 is 11.5 Å². The maximum atomic E-state index is 14.0. The zero-order valence-corrected chi connectivity index (χ0v) is 21.8. The molecule has 2 heterocycles. The Hall–Kier alpha value is -3.22. The number of carbonyl (C=O) groups excluding carboxylic acids is 3. The Bertz CT molecular complexity index is 1100. The first-order valence-electron chi connectivity index (χ1n) is 12.5. The molecule has 1 saturated carbocycles. The van der Waals surface area contributed by atoms with Crippen molar-refractivity contribution in [3.8, 4) is 5.75 Å². The lowest BCUT2D eigenvalue weighted by Crippen LogP contribution is -2.49. The molecule has 5 N–H and O–H groups in total. The zero-order chi connectivity index (χ0) is 26.4. The molecule has 1 aliphatic carbocycles. The summed E-state index contributed by atoms with van der Waals surface area (Å²) in [7, 11) is 1.57. The van der Waals surface area contributed by atoms with Gasteiger partial charge in [0.2, 0.25) is 5.91 Å². The lowest BCUT2D eigenvalue weighted by Gasteiger charge is -2.34. The summed E-state index contributed by atoms with van der Waals surface area (Å²) in [6.07, 6.45) is 3.94. The van der Waals surface area contributed by atoms with Gasteiger partial charge in [0, 0.05) is 32.2 Å². The van der Waals surface area contributed by atoms with Gasteiger partial charge in [-0.1, -0.05) is 25.0 Å². The summed E-state index contributed by atoms with van der Waals surface area (Å²) < 4.78 is 14.7. The van der Waals surface area contributed by atoms with E-state index in [0.29, 0.717) is 31.1 Å². The van der Waals surface area contributed by atoms with Crippen LogP contribution in [0, 0.1) is 0 Å². The van der Waals surface area contributed by atoms with Crippen LogP contribution < -0.4 is 21.5 Å². The second-order valence-electron chi connectivity index (χ2n) is 9.26. The number of hydrogen-bond acceptors (Lipinski definition) is 9. The molecule has 1 saturated heterocycles. The lowest BCUT2D eigenvalue weighted by atomic mass is 10.0. The number of rotatable bonds is 10. The molecule has 2 fully saturated rings. The van der Waals surface area contributed by atoms with E-state index in [4.69, 9.17) is 20.9 Å². The SMILES string of the molecule is COc1ccc([C@@H](C(=O)NC2CCCC2)N(CCN2CCOCC2)C(=O)c2snc(C(N)=O)c2N)cc1. The predicted octanol–water partition coefficient (Wildman–Crippen LogP) is 1.41. The van der Waals surface area contributed by atoms with Gasteiger partial charge in [0.15, 0.2) is 5.69 Å². The van der Waals surface area contributed by atoms with E-state index in [1.165, 1.54) is 4.90 Å². The van der Waals surface area contributed by atoms with Gasteiger partial charge in [0.25, 0.3) is 11.8 Å². The summed E-state index contributed by atoms with van der Waals surface area (Å²) in [4.78, 5) is 43.3. The smallest absolute Gasteiger partial charge is 0.270 e. The minimum Gasteiger partial charge on any atom is -0.497 e. The standard InChI is InChI=1S/C25H34N6O5S/c1-35-18-8-6-16(7-9-18)21(24(33)28-17-4-2-3-5-17)31(11-10-30-12-14-36-15-13-30)25(34)22-19(26)20(23(27)32)29-37-22/h6-9,17,21H,2-5,10-15,26H2,1H3,(H2,27,32)(H,28,33)/t21-/m0/s1. The number of amides is 3. The average Bonchev–Trinajstić information content (AvgIpc) is 3.56. The van der Waals surface area contributed by atoms with Crippen molar-refractivity contribution in [1.29, 1.82) is 0 Å². The number of nitrogens with zero attached hydrogens (tertiary/aromatic N) is 3. The molecule has 3 amide bonds. The fraction of sp³-hybridized carbons (Fsp3) is 0.520. The number of hydrogen-bond donors (Lipinski definition) is 3. The molecule has 4 rings (SSSR count). The third-order valence-electron chi connectivity index (χ3n) is 6.87. The quantitative estimate of drug-likeness (QED) is 0.417. The van der Waals surface area contributed by atoms with Gasteiger partial charge >= 0.3 is 0 Å². The van der Waals surface area contributed by atoms with E-state index in [1.807, 2.05) is 0 Å². The largest absolute Gasteiger partial charge is 0.497 e. The number of nitrogen functional groups attached to an aromatic ring is 1. The second kappa shape index (κ2) is 12.3. The van der Waals surface area contributed by atoms with E-state index in [9.17, 15) is 14.4 Å². The number of morpholine rings is 1. The molecule has 0 bridgehead atoms. The van der Waals surface area contributed by atoms with Crippen LogP contribution in [0.15, 0.2) is 24.3 Å². The van der Waals surface area contributed by atoms with Crippen LogP contribution in [0.25, 0.3) is 0 Å². The van der Waals surface area contributed by atoms with Crippen molar-refractivity contribution in [1.82, 2.24) is 19.5 Å². The molecule has 0 unspecified atom stereocenters. The number of methoxy groups -OCH3 is 1. The average molecular weight is 531 g/mol. The van der Waals surface area contributed by atoms with Crippen LogP contribution in [0.3, 0.4) is 0 Å². The highest BCUT2D eigenvalue weighted by atomic mass is 32.1. The fourth-order valence-electron chi connectivity index (χ4n) is 4.79. The monoisotopic (exact) mass is 530 g/mol. The Morgan fingerprint density at radius 1 is 1.22 bits per heavy atom. The van der Waals surface area contributed by atoms with Crippen LogP contribution in [0.5, 0.6) is 5.75 Å². The van der Waals surface area contributed by atoms with E-state index < -0.39 is 17.9 Å². The van der Waals surface area contributed by atoms with Crippen molar-refractivity contribution >= 4 is 34.9 Å². The number of primary amides is 1. The fourth-order valence-corrected chi connectivity index (χ4v) is 5.55. The molecule has 2 aliphatic rings. The number of anilines is 1. The molecular weight excluding hydrogens is 496 g/mol. The minimum atomic E-state index is -0.918. The van der Waals surface area contributed by atoms with Gasteiger partial charge in [0.05, 0.1) is 26.0 Å². The first-order chi connectivity index (χ1) is 17.9. The van der Waals surface area contributed by atoms with Crippen LogP contribution in [-0.4, -0.2) is 84.4 Å². The zero-order valence-electron chi connectivity index (χ0n) is 21.0. The van der Waals surface area contributed by atoms with E-state index in [1.54, 1.807) is 31.4 Å². The van der Waals surface area contributed by atoms with E-state index in [-0.39, 0.29) is 34.8 Å². The molecule has 0 spiro atoms. The maximum absolute atomic E-state index is 14.0. The number of nitrogens with two attached hydrogens (primary N) is 2. The van der Waals surface area contributed by atoms with Crippen molar-refractivity contribution in [3.63, 3.8) is 0 Å². The first kappa shape index (κ1) is 26.8. The van der Waals surface area contributed by atoms with Gasteiger partial charge in [-0.05, 0) is 42.1 Å². The van der Waals surface area contributed by atoms with Gasteiger partial charge in [-0.2, -0.15) is 4.37 Å². The van der Waals surface area contributed by atoms with Crippen molar-refractivity contribution in [2.75, 3.05) is 52.2 Å². The van der Waals surface area contributed by atoms with Crippen molar-refractivity contribution in [2.45, 2.75) is 37.8 Å². The van der Waals surface area contributed by atoms with Gasteiger partial charge in [-0.3, -0.25) is 19.3 Å². The van der Waals surface area contributed by atoms with Crippen molar-refractivity contribution < 1.29 is 23.9 Å². The topological polar surface area (TPSA) is 153 Å². The highest BCUT2D eigenvalue weighted by Gasteiger charge is 2.36. The van der Waals surface area contributed by atoms with E-state index in [0.717, 1.165) is 50.3 Å². The Kier molecular flexibility index (Phi) is 8.95. The van der Waals surface area contributed by atoms with Crippen LogP contribution in [0.2, 0.25) is 0 Å². The second-order valence-corrected chi connectivity index (χ2v) is 10.0. The van der Waals surface area contributed by atoms with Gasteiger partial charge in [-0.15, -0.1) is 0 Å². The molecule has 1 aromatic heterocycles. The lowest BCUT2D eigenvalue weighted by molar-refractivity contribution is -0.126. The number of nitrogens with one attached hydrogen (secondary N) is 1. The predicted molar refractivity (Wildman–Crippen MR) is 139 cm³/mol. The van der Waals surface area contributed by atoms with Crippen molar-refractivity contribution in [2.24, 2.45) is 5.73 Å². The third kappa shape index (κ3) is 6.38. The summed E-state index contributed by atoms with van der Waals surface area (Å²) in [5, 5.41) is 3.15. The highest BCUT2D eigenvalue weighted by Crippen LogP contribution is 2.30. The number of benzene rings is 1. The van der Waals surface area contributed by atoms with Crippen LogP contribution in [0.4, 0.5) is 5.69 Å². The number of carbonyl (C=O) groups is 3. The summed E-state index contributed by atoms with van der Waals surface area (Å²) in [5.74, 6) is -0.898. The Morgan fingerprint density at radius 2 is 1.89 bits per heavy atom. The van der Waals surface area contributed by atoms with Gasteiger partial charge in [-0.25, -0.2) is 0 Å². The molecule has 1 atom stereocenters. The summed E-state index contributed by atoms with van der Waals surface area (Å²) in [6.45, 7) is 3.50. The normalized spacial score (nSPS) is 17.3. The molecule has 2 aromatic rings. The molecule has 1 aromatic carbocycles. The van der Waals surface area contributed by atoms with Crippen molar-refractivity contribution in [3.05, 3.63) is 40.4 Å². The number of ether oxygens (including phenoxy) is 2. The Morgan fingerprint density at radius 3 is 2.49 bits per heavy atom. The maximum Gasteiger partial charge on any atom is 0.270 e. The van der Waals surface area contributed by atoms with Crippen LogP contribution in [-0.2, 0) is 9.53 Å². The van der Waals surface area contributed by atoms with Gasteiger partial charge < -0.3 is 31.2 Å². The Balaban J connectivity index is 1.70. The summed E-state index contributed by atoms with van der Waals surface area (Å²) in [6, 6.07) is 6.26. The molecule has 1 aliphatic heterocycles. The molecule has 37 heavy (non-hydrogen) atoms. The Labute approximate surface area is 220 Å². The highest BCUT2D eigenvalue weighted by molar-refractivity contribution is 7.09. The summed E-state index contributed by atoms with van der Waals surface area (Å²) in [5.41, 5.74) is 11.9. The van der Waals surface area contributed by atoms with Gasteiger partial charge in [0.1, 0.15) is 16.7 Å². The number of aromatic nitrogens is 1. The molecule has 12 heteroatoms. The summed E-state index contributed by atoms with van der Waals surface area (Å²) >= 11 is 0.813. The van der Waals surface area contributed by atoms with E-state index in [2.05, 4.69) is 14.6 Å². The van der Waals surface area contributed by atoms with E-state index >= 15 is 0 Å². The third-order valence-corrected chi connectivity index (χ3v) is 7.72. The molecule has 200 valence electrons. The molecule has 0 radical (unpaired) electrons. The first-order valence-corrected chi connectivity index (χ1v) is 13.3. The molecule has 11 nitrogen and oxygen atoms in total. The van der Waals surface area contributed by atoms with Crippen LogP contribution in [0.1, 0.15) is 57.4 Å². The minimum absolute atomic E-state index is 0.0662.